The van der Waals surface area contributed by atoms with Crippen LogP contribution in [0.4, 0.5) is 5.82 Å². The molecule has 0 radical (unpaired) electrons. The minimum atomic E-state index is 0.749. The lowest BCUT2D eigenvalue weighted by molar-refractivity contribution is 1.01. The molecule has 0 aromatic carbocycles. The Balaban J connectivity index is 2.77. The highest BCUT2D eigenvalue weighted by atomic mass is 15.3. The van der Waals surface area contributed by atoms with Crippen molar-refractivity contribution in [1.82, 2.24) is 14.6 Å². The van der Waals surface area contributed by atoms with Crippen LogP contribution in [0.1, 0.15) is 0 Å². The molecule has 0 unspecified atom stereocenters. The molecule has 0 spiro atoms. The van der Waals surface area contributed by atoms with Gasteiger partial charge in [-0.25, -0.2) is 9.97 Å². The molecule has 0 bridgehead atoms. The van der Waals surface area contributed by atoms with E-state index in [1.807, 2.05) is 25.1 Å². The van der Waals surface area contributed by atoms with Crippen LogP contribution in [0.3, 0.4) is 0 Å². The first-order valence-corrected chi connectivity index (χ1v) is 3.94. The maximum absolute atomic E-state index is 5.65. The number of fused-ring (bicyclic) bond motifs is 1. The van der Waals surface area contributed by atoms with Crippen molar-refractivity contribution in [3.05, 3.63) is 18.6 Å². The number of anilines is 1. The summed E-state index contributed by atoms with van der Waals surface area (Å²) in [5, 5.41) is 0.968. The lowest BCUT2D eigenvalue weighted by atomic mass is 10.3. The Bertz CT molecular complexity index is 431. The van der Waals surface area contributed by atoms with Gasteiger partial charge in [0.2, 0.25) is 0 Å². The Labute approximate surface area is 75.8 Å². The van der Waals surface area contributed by atoms with Crippen molar-refractivity contribution >= 4 is 16.9 Å². The molecule has 0 saturated carbocycles. The molecule has 0 aliphatic rings. The molecular weight excluding hydrogens is 166 g/mol. The van der Waals surface area contributed by atoms with Crippen LogP contribution >= 0.6 is 0 Å². The van der Waals surface area contributed by atoms with Gasteiger partial charge in [-0.1, -0.05) is 0 Å². The Hall–Kier alpha value is -1.78. The maximum atomic E-state index is 5.65. The number of aromatic nitrogens is 3. The summed E-state index contributed by atoms with van der Waals surface area (Å²) in [6, 6.07) is 1.91. The highest BCUT2D eigenvalue weighted by molar-refractivity contribution is 5.87. The molecule has 2 N–H and O–H groups in total. The first kappa shape index (κ1) is 7.85. The zero-order valence-corrected chi connectivity index (χ0v) is 7.60. The topological polar surface area (TPSA) is 60.0 Å². The van der Waals surface area contributed by atoms with Gasteiger partial charge in [0.25, 0.3) is 0 Å². The van der Waals surface area contributed by atoms with E-state index in [1.54, 1.807) is 6.20 Å². The number of nitrogen functional groups attached to an aromatic ring is 1. The van der Waals surface area contributed by atoms with Crippen LogP contribution in [0.2, 0.25) is 0 Å². The first-order valence-electron chi connectivity index (χ1n) is 3.94. The Morgan fingerprint density at radius 2 is 2.15 bits per heavy atom. The van der Waals surface area contributed by atoms with Gasteiger partial charge in [-0.05, 0) is 6.07 Å². The molecular formula is C8H11N5. The van der Waals surface area contributed by atoms with E-state index in [2.05, 4.69) is 9.97 Å². The molecule has 0 aliphatic carbocycles. The molecule has 0 aliphatic heterocycles. The van der Waals surface area contributed by atoms with Crippen molar-refractivity contribution in [3.63, 3.8) is 0 Å². The molecule has 0 atom stereocenters. The SMILES string of the molecule is CN(C)c1ncnc2c1ccn2N. The molecule has 2 aromatic heterocycles. The van der Waals surface area contributed by atoms with Crippen LogP contribution in [-0.4, -0.2) is 28.7 Å². The van der Waals surface area contributed by atoms with Gasteiger partial charge in [0, 0.05) is 20.3 Å². The van der Waals surface area contributed by atoms with Gasteiger partial charge < -0.3 is 10.7 Å². The Morgan fingerprint density at radius 1 is 1.38 bits per heavy atom. The fourth-order valence-corrected chi connectivity index (χ4v) is 1.31. The van der Waals surface area contributed by atoms with Crippen LogP contribution in [0.5, 0.6) is 0 Å². The molecule has 0 saturated heterocycles. The smallest absolute Gasteiger partial charge is 0.163 e. The molecule has 2 heterocycles. The van der Waals surface area contributed by atoms with Gasteiger partial charge in [-0.2, -0.15) is 0 Å². The molecule has 2 aromatic rings. The summed E-state index contributed by atoms with van der Waals surface area (Å²) >= 11 is 0. The van der Waals surface area contributed by atoms with E-state index >= 15 is 0 Å². The molecule has 5 heteroatoms. The Morgan fingerprint density at radius 3 is 2.85 bits per heavy atom. The zero-order chi connectivity index (χ0) is 9.42. The molecule has 5 nitrogen and oxygen atoms in total. The summed E-state index contributed by atoms with van der Waals surface area (Å²) < 4.78 is 1.49. The average molecular weight is 177 g/mol. The number of hydrogen-bond donors (Lipinski definition) is 1. The Kier molecular flexibility index (Phi) is 1.58. The first-order chi connectivity index (χ1) is 6.20. The number of nitrogens with zero attached hydrogens (tertiary/aromatic N) is 4. The molecule has 0 amide bonds. The minimum absolute atomic E-state index is 0.749. The molecule has 68 valence electrons. The second kappa shape index (κ2) is 2.62. The van der Waals surface area contributed by atoms with Gasteiger partial charge in [-0.15, -0.1) is 0 Å². The molecule has 13 heavy (non-hydrogen) atoms. The van der Waals surface area contributed by atoms with Crippen molar-refractivity contribution < 1.29 is 0 Å². The van der Waals surface area contributed by atoms with Crippen LogP contribution in [0.25, 0.3) is 11.0 Å². The van der Waals surface area contributed by atoms with Gasteiger partial charge >= 0.3 is 0 Å². The summed E-state index contributed by atoms with van der Waals surface area (Å²) in [5.74, 6) is 6.54. The lowest BCUT2D eigenvalue weighted by Crippen LogP contribution is -2.12. The summed E-state index contributed by atoms with van der Waals surface area (Å²) in [6.07, 6.45) is 3.29. The normalized spacial score (nSPS) is 10.6. The number of hydrogen-bond acceptors (Lipinski definition) is 4. The van der Waals surface area contributed by atoms with E-state index in [9.17, 15) is 0 Å². The predicted molar refractivity (Wildman–Crippen MR) is 52.0 cm³/mol. The van der Waals surface area contributed by atoms with Crippen molar-refractivity contribution in [2.24, 2.45) is 0 Å². The average Bonchev–Trinajstić information content (AvgIpc) is 2.48. The standard InChI is InChI=1S/C8H11N5/c1-12(2)7-6-3-4-13(9)8(6)11-5-10-7/h3-5H,9H2,1-2H3. The predicted octanol–water partition coefficient (Wildman–Crippen LogP) is 0.211. The highest BCUT2D eigenvalue weighted by Crippen LogP contribution is 2.20. The third-order valence-electron chi connectivity index (χ3n) is 1.91. The quantitative estimate of drug-likeness (QED) is 0.633. The van der Waals surface area contributed by atoms with Gasteiger partial charge in [0.1, 0.15) is 12.1 Å². The monoisotopic (exact) mass is 177 g/mol. The van der Waals surface area contributed by atoms with Crippen molar-refractivity contribution in [1.29, 1.82) is 0 Å². The molecule has 2 rings (SSSR count). The largest absolute Gasteiger partial charge is 0.362 e. The lowest BCUT2D eigenvalue weighted by Gasteiger charge is -2.11. The van der Waals surface area contributed by atoms with E-state index in [0.717, 1.165) is 16.9 Å². The summed E-state index contributed by atoms with van der Waals surface area (Å²) in [7, 11) is 3.88. The second-order valence-electron chi connectivity index (χ2n) is 3.05. The minimum Gasteiger partial charge on any atom is -0.362 e. The second-order valence-corrected chi connectivity index (χ2v) is 3.05. The summed E-state index contributed by atoms with van der Waals surface area (Å²) in [4.78, 5) is 10.2. The van der Waals surface area contributed by atoms with E-state index in [0.29, 0.717) is 0 Å². The summed E-state index contributed by atoms with van der Waals surface area (Å²) in [6.45, 7) is 0. The highest BCUT2D eigenvalue weighted by Gasteiger charge is 2.07. The van der Waals surface area contributed by atoms with E-state index in [1.165, 1.54) is 11.0 Å². The summed E-state index contributed by atoms with van der Waals surface area (Å²) in [5.41, 5.74) is 0.749. The third-order valence-corrected chi connectivity index (χ3v) is 1.91. The van der Waals surface area contributed by atoms with Crippen molar-refractivity contribution in [2.75, 3.05) is 24.8 Å². The molecule has 0 fully saturated rings. The van der Waals surface area contributed by atoms with Crippen LogP contribution < -0.4 is 10.7 Å². The van der Waals surface area contributed by atoms with E-state index < -0.39 is 0 Å². The third kappa shape index (κ3) is 1.09. The van der Waals surface area contributed by atoms with E-state index in [-0.39, 0.29) is 0 Å². The van der Waals surface area contributed by atoms with Crippen molar-refractivity contribution in [2.45, 2.75) is 0 Å². The van der Waals surface area contributed by atoms with E-state index in [4.69, 9.17) is 5.84 Å². The number of rotatable bonds is 1. The van der Waals surface area contributed by atoms with Crippen molar-refractivity contribution in [3.8, 4) is 0 Å². The van der Waals surface area contributed by atoms with Crippen LogP contribution in [0.15, 0.2) is 18.6 Å². The van der Waals surface area contributed by atoms with Gasteiger partial charge in [0.15, 0.2) is 5.65 Å². The zero-order valence-electron chi connectivity index (χ0n) is 7.60. The fourth-order valence-electron chi connectivity index (χ4n) is 1.31. The van der Waals surface area contributed by atoms with Gasteiger partial charge in [0.05, 0.1) is 5.39 Å². The number of nitrogens with two attached hydrogens (primary N) is 1. The maximum Gasteiger partial charge on any atom is 0.163 e. The van der Waals surface area contributed by atoms with Crippen LogP contribution in [-0.2, 0) is 0 Å². The van der Waals surface area contributed by atoms with Crippen LogP contribution in [0, 0.1) is 0 Å². The van der Waals surface area contributed by atoms with Gasteiger partial charge in [-0.3, -0.25) is 4.68 Å². The fraction of sp³-hybridized carbons (Fsp3) is 0.250.